The van der Waals surface area contributed by atoms with E-state index in [1.54, 1.807) is 23.9 Å². The minimum atomic E-state index is -0.0748. The van der Waals surface area contributed by atoms with Gasteiger partial charge in [-0.3, -0.25) is 9.59 Å². The molecule has 0 saturated carbocycles. The summed E-state index contributed by atoms with van der Waals surface area (Å²) in [5, 5.41) is 3.35. The van der Waals surface area contributed by atoms with Gasteiger partial charge in [-0.05, 0) is 25.0 Å². The third-order valence-corrected chi connectivity index (χ3v) is 4.27. The predicted molar refractivity (Wildman–Crippen MR) is 92.5 cm³/mol. The van der Waals surface area contributed by atoms with Gasteiger partial charge in [0, 0.05) is 39.4 Å². The summed E-state index contributed by atoms with van der Waals surface area (Å²) < 4.78 is 0. The van der Waals surface area contributed by atoms with Crippen LogP contribution in [0.5, 0.6) is 0 Å². The second-order valence-corrected chi connectivity index (χ2v) is 6.30. The van der Waals surface area contributed by atoms with Crippen molar-refractivity contribution in [3.63, 3.8) is 0 Å². The second-order valence-electron chi connectivity index (χ2n) is 6.30. The van der Waals surface area contributed by atoms with Crippen LogP contribution in [-0.2, 0) is 4.79 Å². The molecule has 126 valence electrons. The maximum atomic E-state index is 12.8. The van der Waals surface area contributed by atoms with Gasteiger partial charge in [0.2, 0.25) is 5.91 Å². The molecule has 0 aliphatic carbocycles. The molecule has 1 N–H and O–H groups in total. The van der Waals surface area contributed by atoms with E-state index in [0.29, 0.717) is 18.7 Å². The standard InChI is InChI=1S/C18H27N3O2/c1-4-5-11-19-16-9-7-6-8-15(16)18(23)21-12-10-14(13-21)17(22)20(2)3/h6-9,14,19H,4-5,10-13H2,1-3H3/t14-/m0/s1. The van der Waals surface area contributed by atoms with Gasteiger partial charge in [-0.2, -0.15) is 0 Å². The van der Waals surface area contributed by atoms with Gasteiger partial charge in [-0.15, -0.1) is 0 Å². The minimum Gasteiger partial charge on any atom is -0.384 e. The van der Waals surface area contributed by atoms with Crippen molar-refractivity contribution in [3.8, 4) is 0 Å². The summed E-state index contributed by atoms with van der Waals surface area (Å²) in [6, 6.07) is 7.63. The quantitative estimate of drug-likeness (QED) is 0.820. The number of benzene rings is 1. The lowest BCUT2D eigenvalue weighted by Gasteiger charge is -2.20. The molecule has 1 heterocycles. The third kappa shape index (κ3) is 4.24. The SMILES string of the molecule is CCCCNc1ccccc1C(=O)N1CC[C@H](C(=O)N(C)C)C1. The Morgan fingerprint density at radius 1 is 1.30 bits per heavy atom. The largest absolute Gasteiger partial charge is 0.384 e. The molecule has 5 heteroatoms. The number of anilines is 1. The Morgan fingerprint density at radius 2 is 2.04 bits per heavy atom. The number of para-hydroxylation sites is 1. The summed E-state index contributed by atoms with van der Waals surface area (Å²) in [6.45, 7) is 4.17. The van der Waals surface area contributed by atoms with Crippen molar-refractivity contribution in [2.75, 3.05) is 39.0 Å². The average molecular weight is 317 g/mol. The Morgan fingerprint density at radius 3 is 2.74 bits per heavy atom. The summed E-state index contributed by atoms with van der Waals surface area (Å²) in [4.78, 5) is 28.3. The lowest BCUT2D eigenvalue weighted by molar-refractivity contribution is -0.132. The normalized spacial score (nSPS) is 17.2. The van der Waals surface area contributed by atoms with Crippen LogP contribution in [0.4, 0.5) is 5.69 Å². The van der Waals surface area contributed by atoms with Gasteiger partial charge >= 0.3 is 0 Å². The highest BCUT2D eigenvalue weighted by Gasteiger charge is 2.32. The van der Waals surface area contributed by atoms with E-state index in [9.17, 15) is 9.59 Å². The zero-order valence-electron chi connectivity index (χ0n) is 14.3. The first kappa shape index (κ1) is 17.3. The van der Waals surface area contributed by atoms with Gasteiger partial charge in [-0.1, -0.05) is 25.5 Å². The molecule has 0 bridgehead atoms. The molecule has 1 aliphatic rings. The van der Waals surface area contributed by atoms with Gasteiger partial charge < -0.3 is 15.1 Å². The van der Waals surface area contributed by atoms with Gasteiger partial charge in [-0.25, -0.2) is 0 Å². The molecular formula is C18H27N3O2. The molecule has 2 rings (SSSR count). The van der Waals surface area contributed by atoms with Crippen molar-refractivity contribution in [3.05, 3.63) is 29.8 Å². The number of unbranched alkanes of at least 4 members (excludes halogenated alkanes) is 1. The number of hydrogen-bond donors (Lipinski definition) is 1. The van der Waals surface area contributed by atoms with Crippen LogP contribution in [-0.4, -0.2) is 55.3 Å². The van der Waals surface area contributed by atoms with Crippen LogP contribution >= 0.6 is 0 Å². The van der Waals surface area contributed by atoms with Crippen LogP contribution < -0.4 is 5.32 Å². The highest BCUT2D eigenvalue weighted by atomic mass is 16.2. The topological polar surface area (TPSA) is 52.7 Å². The maximum absolute atomic E-state index is 12.8. The molecule has 0 aromatic heterocycles. The van der Waals surface area contributed by atoms with E-state index in [2.05, 4.69) is 12.2 Å². The fourth-order valence-electron chi connectivity index (χ4n) is 2.91. The smallest absolute Gasteiger partial charge is 0.255 e. The van der Waals surface area contributed by atoms with Crippen molar-refractivity contribution in [1.82, 2.24) is 9.80 Å². The Kier molecular flexibility index (Phi) is 6.02. The molecule has 1 atom stereocenters. The first-order valence-corrected chi connectivity index (χ1v) is 8.38. The number of hydrogen-bond acceptors (Lipinski definition) is 3. The van der Waals surface area contributed by atoms with Crippen molar-refractivity contribution in [1.29, 1.82) is 0 Å². The molecule has 5 nitrogen and oxygen atoms in total. The van der Waals surface area contributed by atoms with Gasteiger partial charge in [0.25, 0.3) is 5.91 Å². The van der Waals surface area contributed by atoms with E-state index >= 15 is 0 Å². The molecule has 1 saturated heterocycles. The van der Waals surface area contributed by atoms with Crippen molar-refractivity contribution < 1.29 is 9.59 Å². The van der Waals surface area contributed by atoms with E-state index < -0.39 is 0 Å². The highest BCUT2D eigenvalue weighted by molar-refractivity contribution is 6.00. The number of carbonyl (C=O) groups excluding carboxylic acids is 2. The summed E-state index contributed by atoms with van der Waals surface area (Å²) >= 11 is 0. The summed E-state index contributed by atoms with van der Waals surface area (Å²) in [6.07, 6.45) is 2.93. The lowest BCUT2D eigenvalue weighted by atomic mass is 10.1. The maximum Gasteiger partial charge on any atom is 0.255 e. The summed E-state index contributed by atoms with van der Waals surface area (Å²) in [7, 11) is 3.53. The third-order valence-electron chi connectivity index (χ3n) is 4.27. The van der Waals surface area contributed by atoms with Gasteiger partial charge in [0.1, 0.15) is 0 Å². The number of nitrogens with zero attached hydrogens (tertiary/aromatic N) is 2. The Hall–Kier alpha value is -2.04. The molecule has 0 spiro atoms. The van der Waals surface area contributed by atoms with Crippen LogP contribution in [0.2, 0.25) is 0 Å². The molecule has 0 unspecified atom stereocenters. The van der Waals surface area contributed by atoms with Crippen LogP contribution in [0, 0.1) is 5.92 Å². The van der Waals surface area contributed by atoms with Crippen molar-refractivity contribution in [2.45, 2.75) is 26.2 Å². The molecule has 1 fully saturated rings. The fourth-order valence-corrected chi connectivity index (χ4v) is 2.91. The van der Waals surface area contributed by atoms with E-state index in [4.69, 9.17) is 0 Å². The molecule has 2 amide bonds. The molecule has 23 heavy (non-hydrogen) atoms. The second kappa shape index (κ2) is 7.99. The number of amides is 2. The molecule has 1 aromatic rings. The predicted octanol–water partition coefficient (Wildman–Crippen LogP) is 2.45. The van der Waals surface area contributed by atoms with E-state index in [0.717, 1.165) is 31.5 Å². The number of nitrogens with one attached hydrogen (secondary N) is 1. The molecule has 1 aromatic carbocycles. The molecule has 1 aliphatic heterocycles. The van der Waals surface area contributed by atoms with Gasteiger partial charge in [0.05, 0.1) is 11.5 Å². The van der Waals surface area contributed by atoms with E-state index in [1.807, 2.05) is 24.3 Å². The fraction of sp³-hybridized carbons (Fsp3) is 0.556. The molecular weight excluding hydrogens is 290 g/mol. The first-order valence-electron chi connectivity index (χ1n) is 8.38. The summed E-state index contributed by atoms with van der Waals surface area (Å²) in [5.74, 6) is 0.0440. The lowest BCUT2D eigenvalue weighted by Crippen LogP contribution is -2.34. The van der Waals surface area contributed by atoms with Crippen molar-refractivity contribution in [2.24, 2.45) is 5.92 Å². The first-order chi connectivity index (χ1) is 11.0. The number of carbonyl (C=O) groups is 2. The monoisotopic (exact) mass is 317 g/mol. The summed E-state index contributed by atoms with van der Waals surface area (Å²) in [5.41, 5.74) is 1.58. The van der Waals surface area contributed by atoms with Crippen LogP contribution in [0.3, 0.4) is 0 Å². The zero-order valence-corrected chi connectivity index (χ0v) is 14.3. The van der Waals surface area contributed by atoms with Crippen LogP contribution in [0.1, 0.15) is 36.5 Å². The molecule has 0 radical (unpaired) electrons. The van der Waals surface area contributed by atoms with Gasteiger partial charge in [0.15, 0.2) is 0 Å². The number of likely N-dealkylation sites (tertiary alicyclic amines) is 1. The Labute approximate surface area is 138 Å². The number of rotatable bonds is 6. The van der Waals surface area contributed by atoms with Crippen molar-refractivity contribution >= 4 is 17.5 Å². The highest BCUT2D eigenvalue weighted by Crippen LogP contribution is 2.23. The van der Waals surface area contributed by atoms with E-state index in [1.165, 1.54) is 0 Å². The Bertz CT molecular complexity index is 557. The van der Waals surface area contributed by atoms with E-state index in [-0.39, 0.29) is 17.7 Å². The minimum absolute atomic E-state index is 0.0126. The van der Waals surface area contributed by atoms with Crippen LogP contribution in [0.15, 0.2) is 24.3 Å². The Balaban J connectivity index is 2.05. The average Bonchev–Trinajstić information content (AvgIpc) is 3.04. The zero-order chi connectivity index (χ0) is 16.8. The van der Waals surface area contributed by atoms with Crippen LogP contribution in [0.25, 0.3) is 0 Å².